The van der Waals surface area contributed by atoms with Gasteiger partial charge in [0.05, 0.1) is 5.25 Å². The molecule has 6 heterocycles. The van der Waals surface area contributed by atoms with E-state index in [2.05, 4.69) is 13.8 Å². The van der Waals surface area contributed by atoms with E-state index in [1.54, 1.807) is 0 Å². The van der Waals surface area contributed by atoms with Gasteiger partial charge < -0.3 is 14.2 Å². The van der Waals surface area contributed by atoms with Crippen LogP contribution in [0.25, 0.3) is 0 Å². The Balaban J connectivity index is 0.000000111. The van der Waals surface area contributed by atoms with Gasteiger partial charge in [-0.25, -0.2) is 14.4 Å². The fraction of sp³-hybridized carbons (Fsp3) is 0.770. The summed E-state index contributed by atoms with van der Waals surface area (Å²) in [7, 11) is -1.81. The molecule has 2 aromatic rings. The van der Waals surface area contributed by atoms with Gasteiger partial charge in [0.25, 0.3) is 10.1 Å². The molecule has 502 valence electrons. The first-order valence-corrected chi connectivity index (χ1v) is 46.1. The van der Waals surface area contributed by atoms with Crippen LogP contribution >= 0.6 is 0 Å². The van der Waals surface area contributed by atoms with Gasteiger partial charge in [-0.05, 0) is 276 Å². The van der Waals surface area contributed by atoms with Crippen LogP contribution in [0.2, 0.25) is 0 Å². The summed E-state index contributed by atoms with van der Waals surface area (Å²) in [5.74, 6) is 23.4. The fourth-order valence-corrected chi connectivity index (χ4v) is 32.2. The molecule has 0 amide bonds. The maximum atomic E-state index is 12.5. The van der Waals surface area contributed by atoms with Gasteiger partial charge in [0.2, 0.25) is 28.8 Å². The second-order valence-corrected chi connectivity index (χ2v) is 43.8. The Morgan fingerprint density at radius 1 is 0.418 bits per heavy atom. The molecule has 2 aromatic carbocycles. The summed E-state index contributed by atoms with van der Waals surface area (Å²) in [6, 6.07) is 19.4. The molecule has 6 saturated heterocycles. The summed E-state index contributed by atoms with van der Waals surface area (Å²) in [4.78, 5) is 60.8. The Hall–Kier alpha value is -2.15. The summed E-state index contributed by atoms with van der Waals surface area (Å²) in [5.41, 5.74) is 1.53. The minimum atomic E-state index is -3.42. The normalized spacial score (nSPS) is 36.6. The number of ether oxygens (including phenoxy) is 3. The highest BCUT2D eigenvalue weighted by Gasteiger charge is 2.66. The summed E-state index contributed by atoms with van der Waals surface area (Å²) < 4.78 is 46.9. The molecule has 10 bridgehead atoms. The molecule has 17 heteroatoms. The Kier molecular flexibility index (Phi) is 23.9. The lowest BCUT2D eigenvalue weighted by Crippen LogP contribution is -2.58. The third kappa shape index (κ3) is 17.4. The first kappa shape index (κ1) is 68.8. The second kappa shape index (κ2) is 31.6. The zero-order chi connectivity index (χ0) is 63.1. The molecular formula is C74H109O11S6+5. The molecule has 0 aromatic heterocycles. The standard InChI is InChI=1S/C18H29O2S.C17H27O2S.C14H21O5S2.C13H17OS.C12H15OS/c1-18(20-17(19)12-21-5-3-2-4-6-21)15-8-13-7-14(10-15)11-16(18)9-13;1-17(19-16(18)11-20-4-2-3-5-20)14-7-12-6-13(9-14)10-15(17)8-12;15-12(8-20-4-2-1-3-5-20)18-13-9-6-10-11(7-9)21(16,17)19-14(10)13;14-13(12-7-3-1-4-8-12)11-15-9-5-2-6-10-15;13-12(10-14-8-4-5-9-14)11-6-2-1-3-7-11/h13-16H,2-12H2,1H3;12-15H,2-11H2,1H3;9-11,13-14H,1-8H2;1,3-4,7-8H,2,5-6,9-11H2;1-3,6-7H,4-5,8-10H2/q5*+1. The number of hydrogen-bond acceptors (Lipinski definition) is 11. The van der Waals surface area contributed by atoms with Crippen LogP contribution in [0.5, 0.6) is 0 Å². The minimum absolute atomic E-state index is 0.0509. The molecule has 5 unspecified atom stereocenters. The highest BCUT2D eigenvalue weighted by Crippen LogP contribution is 2.61. The van der Waals surface area contributed by atoms with Crippen molar-refractivity contribution in [3.63, 3.8) is 0 Å². The predicted molar refractivity (Wildman–Crippen MR) is 378 cm³/mol. The molecule has 11 nitrogen and oxygen atoms in total. The van der Waals surface area contributed by atoms with Gasteiger partial charge in [0.1, 0.15) is 80.9 Å². The number of benzene rings is 2. The fourth-order valence-electron chi connectivity index (χ4n) is 19.5. The smallest absolute Gasteiger partial charge is 0.356 e. The highest BCUT2D eigenvalue weighted by atomic mass is 32.2. The van der Waals surface area contributed by atoms with E-state index in [1.165, 1.54) is 194 Å². The van der Waals surface area contributed by atoms with Crippen LogP contribution in [0.3, 0.4) is 0 Å². The third-order valence-corrected chi connectivity index (χ3v) is 37.7. The van der Waals surface area contributed by atoms with Gasteiger partial charge in [0.15, 0.2) is 11.5 Å². The van der Waals surface area contributed by atoms with Crippen molar-refractivity contribution in [3.8, 4) is 0 Å². The average Bonchev–Trinajstić information content (AvgIpc) is 1.65. The molecule has 10 aliphatic carbocycles. The van der Waals surface area contributed by atoms with Crippen LogP contribution in [-0.2, 0) is 97.4 Å². The highest BCUT2D eigenvalue weighted by molar-refractivity contribution is 7.98. The van der Waals surface area contributed by atoms with E-state index in [-0.39, 0.29) is 63.2 Å². The van der Waals surface area contributed by atoms with Crippen molar-refractivity contribution in [3.05, 3.63) is 71.8 Å². The van der Waals surface area contributed by atoms with Gasteiger partial charge in [-0.2, -0.15) is 8.42 Å². The van der Waals surface area contributed by atoms with Gasteiger partial charge in [-0.1, -0.05) is 60.7 Å². The molecule has 0 N–H and O–H groups in total. The van der Waals surface area contributed by atoms with Crippen LogP contribution in [-0.4, -0.2) is 153 Å². The summed E-state index contributed by atoms with van der Waals surface area (Å²) >= 11 is 0. The van der Waals surface area contributed by atoms with Crippen molar-refractivity contribution in [1.82, 2.24) is 0 Å². The van der Waals surface area contributed by atoms with Crippen LogP contribution in [0.1, 0.15) is 195 Å². The number of esters is 3. The van der Waals surface area contributed by atoms with E-state index in [4.69, 9.17) is 18.4 Å². The molecule has 18 rings (SSSR count). The van der Waals surface area contributed by atoms with Crippen molar-refractivity contribution >= 4 is 94.1 Å². The third-order valence-electron chi connectivity index (χ3n) is 24.0. The number of carbonyl (C=O) groups is 5. The first-order chi connectivity index (χ1) is 44.0. The quantitative estimate of drug-likeness (QED) is 0.0550. The first-order valence-electron chi connectivity index (χ1n) is 36.0. The molecule has 0 spiro atoms. The zero-order valence-electron chi connectivity index (χ0n) is 55.0. The Morgan fingerprint density at radius 3 is 1.09 bits per heavy atom. The van der Waals surface area contributed by atoms with Crippen LogP contribution in [0.4, 0.5) is 0 Å². The van der Waals surface area contributed by atoms with Gasteiger partial charge >= 0.3 is 17.9 Å². The van der Waals surface area contributed by atoms with Crippen LogP contribution < -0.4 is 0 Å². The minimum Gasteiger partial charge on any atom is -0.456 e. The summed E-state index contributed by atoms with van der Waals surface area (Å²) in [6.45, 7) is 4.53. The van der Waals surface area contributed by atoms with E-state index in [1.807, 2.05) is 60.7 Å². The SMILES string of the molecule is CC1(OC(=O)C[S+]2CCCC2)C2CC3CC(C2)CC1C3.CC1(OC(=O)C[S+]2CCCCC2)C2CC3CC(C2)CC1C3.O=C(C[S+]1CCCC1)c1ccccc1.O=C(C[S+]1CCCCC1)OC1C2CC3C1OS(=O)(=O)C3C2.O=C(C[S+]1CCCCC1)c1ccccc1. The number of fused-ring (bicyclic) bond motifs is 1. The Labute approximate surface area is 561 Å². The van der Waals surface area contributed by atoms with Gasteiger partial charge in [0, 0.05) is 23.0 Å². The van der Waals surface area contributed by atoms with Crippen molar-refractivity contribution < 1.29 is 50.8 Å². The summed E-state index contributed by atoms with van der Waals surface area (Å²) in [5, 5.41) is -0.345. The number of Topliss-reactive ketones (excluding diaryl/α,β-unsaturated/α-hetero) is 2. The predicted octanol–water partition coefficient (Wildman–Crippen LogP) is 12.5. The lowest BCUT2D eigenvalue weighted by molar-refractivity contribution is -0.201. The van der Waals surface area contributed by atoms with E-state index in [0.29, 0.717) is 102 Å². The van der Waals surface area contributed by atoms with Crippen molar-refractivity contribution in [2.75, 3.05) is 86.3 Å². The monoisotopic (exact) mass is 1370 g/mol. The number of rotatable bonds is 15. The molecular weight excluding hydrogens is 1260 g/mol. The van der Waals surface area contributed by atoms with E-state index < -0.39 is 16.2 Å². The van der Waals surface area contributed by atoms with Gasteiger partial charge in [-0.3, -0.25) is 13.8 Å². The molecule has 6 aliphatic heterocycles. The maximum absolute atomic E-state index is 12.5. The van der Waals surface area contributed by atoms with Crippen molar-refractivity contribution in [1.29, 1.82) is 0 Å². The summed E-state index contributed by atoms with van der Waals surface area (Å²) in [6.07, 6.45) is 31.2. The molecule has 16 aliphatic rings. The molecule has 5 atom stereocenters. The molecule has 91 heavy (non-hydrogen) atoms. The van der Waals surface area contributed by atoms with E-state index in [0.717, 1.165) is 64.2 Å². The average molecular weight is 1370 g/mol. The number of hydrogen-bond donors (Lipinski definition) is 0. The van der Waals surface area contributed by atoms with E-state index >= 15 is 0 Å². The largest absolute Gasteiger partial charge is 0.456 e. The molecule has 0 radical (unpaired) electrons. The molecule has 16 fully saturated rings. The second-order valence-electron chi connectivity index (χ2n) is 30.4. The zero-order valence-corrected chi connectivity index (χ0v) is 59.9. The van der Waals surface area contributed by atoms with Crippen LogP contribution in [0.15, 0.2) is 60.7 Å². The Morgan fingerprint density at radius 2 is 0.736 bits per heavy atom. The van der Waals surface area contributed by atoms with Gasteiger partial charge in [-0.15, -0.1) is 0 Å². The molecule has 10 saturated carbocycles. The topological polar surface area (TPSA) is 156 Å². The van der Waals surface area contributed by atoms with Crippen molar-refractivity contribution in [2.24, 2.45) is 59.2 Å². The van der Waals surface area contributed by atoms with Crippen LogP contribution in [0, 0.1) is 59.2 Å². The Bertz CT molecular complexity index is 2800. The lowest BCUT2D eigenvalue weighted by Gasteiger charge is -2.58. The maximum Gasteiger partial charge on any atom is 0.356 e. The number of carbonyl (C=O) groups excluding carboxylic acids is 5. The van der Waals surface area contributed by atoms with Crippen molar-refractivity contribution in [2.45, 2.75) is 203 Å². The van der Waals surface area contributed by atoms with E-state index in [9.17, 15) is 32.4 Å². The lowest BCUT2D eigenvalue weighted by atomic mass is 9.50. The number of ketones is 2.